The van der Waals surface area contributed by atoms with Gasteiger partial charge in [0.15, 0.2) is 18.1 Å². The second kappa shape index (κ2) is 5.60. The number of aldehydes is 1. The zero-order valence-corrected chi connectivity index (χ0v) is 10.9. The summed E-state index contributed by atoms with van der Waals surface area (Å²) in [6.45, 7) is 1.68. The first kappa shape index (κ1) is 13.9. The smallest absolute Gasteiger partial charge is 0.265 e. The van der Waals surface area contributed by atoms with Crippen LogP contribution in [0.4, 0.5) is 5.69 Å². The summed E-state index contributed by atoms with van der Waals surface area (Å²) in [4.78, 5) is 35.1. The molecule has 106 valence electrons. The number of benzene rings is 1. The second-order valence-corrected chi connectivity index (χ2v) is 4.15. The van der Waals surface area contributed by atoms with E-state index < -0.39 is 11.8 Å². The molecule has 20 heavy (non-hydrogen) atoms. The highest BCUT2D eigenvalue weighted by molar-refractivity contribution is 6.03. The predicted molar refractivity (Wildman–Crippen MR) is 70.0 cm³/mol. The largest absolute Gasteiger partial charge is 0.490 e. The van der Waals surface area contributed by atoms with Crippen molar-refractivity contribution >= 4 is 23.8 Å². The minimum absolute atomic E-state index is 0.208. The molecule has 0 aliphatic carbocycles. The lowest BCUT2D eigenvalue weighted by Crippen LogP contribution is -2.43. The van der Waals surface area contributed by atoms with Crippen molar-refractivity contribution in [3.05, 3.63) is 17.7 Å². The van der Waals surface area contributed by atoms with Crippen molar-refractivity contribution in [3.8, 4) is 11.5 Å². The van der Waals surface area contributed by atoms with E-state index in [-0.39, 0.29) is 13.2 Å². The topological polar surface area (TPSA) is 98.9 Å². The van der Waals surface area contributed by atoms with E-state index in [0.717, 1.165) is 0 Å². The molecule has 2 N–H and O–H groups in total. The summed E-state index contributed by atoms with van der Waals surface area (Å²) < 4.78 is 10.7. The average molecular weight is 278 g/mol. The molecule has 1 aliphatic rings. The number of primary amides is 1. The zero-order chi connectivity index (χ0) is 14.7. The third kappa shape index (κ3) is 2.56. The van der Waals surface area contributed by atoms with E-state index in [0.29, 0.717) is 35.6 Å². The van der Waals surface area contributed by atoms with Gasteiger partial charge in [-0.25, -0.2) is 0 Å². The molecule has 0 saturated heterocycles. The minimum Gasteiger partial charge on any atom is -0.490 e. The fraction of sp³-hybridized carbons (Fsp3) is 0.308. The van der Waals surface area contributed by atoms with E-state index in [1.165, 1.54) is 17.0 Å². The number of rotatable bonds is 5. The van der Waals surface area contributed by atoms with Crippen molar-refractivity contribution in [2.45, 2.75) is 6.92 Å². The molecule has 0 atom stereocenters. The molecule has 0 fully saturated rings. The number of nitrogens with zero attached hydrogens (tertiary/aromatic N) is 1. The number of carbonyl (C=O) groups excluding carboxylic acids is 3. The lowest BCUT2D eigenvalue weighted by atomic mass is 10.1. The summed E-state index contributed by atoms with van der Waals surface area (Å²) in [5.74, 6) is -0.366. The van der Waals surface area contributed by atoms with Crippen LogP contribution in [-0.2, 0) is 9.59 Å². The summed E-state index contributed by atoms with van der Waals surface area (Å²) in [5.41, 5.74) is 5.77. The highest BCUT2D eigenvalue weighted by Gasteiger charge is 2.29. The predicted octanol–water partition coefficient (Wildman–Crippen LogP) is 0.108. The fourth-order valence-corrected chi connectivity index (χ4v) is 1.96. The van der Waals surface area contributed by atoms with Gasteiger partial charge in [0.05, 0.1) is 12.3 Å². The summed E-state index contributed by atoms with van der Waals surface area (Å²) >= 11 is 0. The lowest BCUT2D eigenvalue weighted by molar-refractivity contribution is -0.124. The first-order chi connectivity index (χ1) is 9.56. The van der Waals surface area contributed by atoms with Gasteiger partial charge in [0.2, 0.25) is 5.91 Å². The number of ether oxygens (including phenoxy) is 2. The first-order valence-electron chi connectivity index (χ1n) is 6.04. The summed E-state index contributed by atoms with van der Waals surface area (Å²) in [7, 11) is 0. The average Bonchev–Trinajstić information content (AvgIpc) is 2.41. The molecule has 2 rings (SSSR count). The van der Waals surface area contributed by atoms with E-state index in [2.05, 4.69) is 0 Å². The van der Waals surface area contributed by atoms with Gasteiger partial charge in [0.25, 0.3) is 5.91 Å². The maximum absolute atomic E-state index is 11.8. The number of nitrogens with two attached hydrogens (primary N) is 1. The Morgan fingerprint density at radius 3 is 2.90 bits per heavy atom. The molecule has 1 aliphatic heterocycles. The number of anilines is 1. The van der Waals surface area contributed by atoms with Crippen molar-refractivity contribution in [1.29, 1.82) is 0 Å². The maximum Gasteiger partial charge on any atom is 0.265 e. The molecule has 0 radical (unpaired) electrons. The first-order valence-corrected chi connectivity index (χ1v) is 6.04. The number of carbonyl (C=O) groups is 3. The van der Waals surface area contributed by atoms with Crippen molar-refractivity contribution < 1.29 is 23.9 Å². The van der Waals surface area contributed by atoms with Gasteiger partial charge in [-0.2, -0.15) is 0 Å². The van der Waals surface area contributed by atoms with Crippen molar-refractivity contribution in [1.82, 2.24) is 0 Å². The number of fused-ring (bicyclic) bond motifs is 1. The van der Waals surface area contributed by atoms with E-state index >= 15 is 0 Å². The SMILES string of the molecule is CCOc1cc(C=O)cc2c1OCC(=O)N2CC(N)=O. The van der Waals surface area contributed by atoms with Crippen molar-refractivity contribution in [2.24, 2.45) is 5.73 Å². The van der Waals surface area contributed by atoms with Crippen LogP contribution in [0.1, 0.15) is 17.3 Å². The van der Waals surface area contributed by atoms with Crippen LogP contribution in [-0.4, -0.2) is 37.9 Å². The standard InChI is InChI=1S/C13H14N2O5/c1-2-19-10-4-8(6-16)3-9-13(10)20-7-12(18)15(9)5-11(14)17/h3-4,6H,2,5,7H2,1H3,(H2,14,17). The molecule has 2 amide bonds. The van der Waals surface area contributed by atoms with Crippen LogP contribution in [0.2, 0.25) is 0 Å². The third-order valence-corrected chi connectivity index (χ3v) is 2.74. The number of hydrogen-bond donors (Lipinski definition) is 1. The molecule has 0 saturated carbocycles. The second-order valence-electron chi connectivity index (χ2n) is 4.15. The fourth-order valence-electron chi connectivity index (χ4n) is 1.96. The molecular formula is C13H14N2O5. The summed E-state index contributed by atoms with van der Waals surface area (Å²) in [6, 6.07) is 2.98. The molecule has 0 bridgehead atoms. The lowest BCUT2D eigenvalue weighted by Gasteiger charge is -2.29. The van der Waals surface area contributed by atoms with Gasteiger partial charge in [-0.3, -0.25) is 19.3 Å². The molecule has 1 heterocycles. The summed E-state index contributed by atoms with van der Waals surface area (Å²) in [6.07, 6.45) is 0.629. The Balaban J connectivity index is 2.53. The van der Waals surface area contributed by atoms with Gasteiger partial charge >= 0.3 is 0 Å². The van der Waals surface area contributed by atoms with Gasteiger partial charge in [0.1, 0.15) is 12.8 Å². The molecule has 7 nitrogen and oxygen atoms in total. The number of hydrogen-bond acceptors (Lipinski definition) is 5. The number of amides is 2. The molecule has 1 aromatic rings. The monoisotopic (exact) mass is 278 g/mol. The van der Waals surface area contributed by atoms with Gasteiger partial charge in [-0.15, -0.1) is 0 Å². The molecule has 0 spiro atoms. The molecular weight excluding hydrogens is 264 g/mol. The van der Waals surface area contributed by atoms with E-state index in [4.69, 9.17) is 15.2 Å². The van der Waals surface area contributed by atoms with Gasteiger partial charge in [0, 0.05) is 5.56 Å². The van der Waals surface area contributed by atoms with Crippen molar-refractivity contribution in [2.75, 3.05) is 24.7 Å². The Bertz CT molecular complexity index is 570. The van der Waals surface area contributed by atoms with Crippen LogP contribution in [0.15, 0.2) is 12.1 Å². The Hall–Kier alpha value is -2.57. The quantitative estimate of drug-likeness (QED) is 0.771. The van der Waals surface area contributed by atoms with E-state index in [1.54, 1.807) is 6.92 Å². The highest BCUT2D eigenvalue weighted by Crippen LogP contribution is 2.41. The normalized spacial score (nSPS) is 13.4. The minimum atomic E-state index is -0.652. The Kier molecular flexibility index (Phi) is 3.88. The van der Waals surface area contributed by atoms with Gasteiger partial charge < -0.3 is 15.2 Å². The molecule has 0 unspecified atom stereocenters. The van der Waals surface area contributed by atoms with E-state index in [9.17, 15) is 14.4 Å². The van der Waals surface area contributed by atoms with Crippen LogP contribution in [0.25, 0.3) is 0 Å². The van der Waals surface area contributed by atoms with Crippen LogP contribution >= 0.6 is 0 Å². The van der Waals surface area contributed by atoms with Gasteiger partial charge in [-0.1, -0.05) is 0 Å². The van der Waals surface area contributed by atoms with Crippen LogP contribution in [0.3, 0.4) is 0 Å². The van der Waals surface area contributed by atoms with Gasteiger partial charge in [-0.05, 0) is 19.1 Å². The molecule has 1 aromatic carbocycles. The van der Waals surface area contributed by atoms with E-state index in [1.807, 2.05) is 0 Å². The zero-order valence-electron chi connectivity index (χ0n) is 10.9. The van der Waals surface area contributed by atoms with Crippen LogP contribution in [0.5, 0.6) is 11.5 Å². The Morgan fingerprint density at radius 1 is 1.55 bits per heavy atom. The van der Waals surface area contributed by atoms with Crippen LogP contribution in [0, 0.1) is 0 Å². The Morgan fingerprint density at radius 2 is 2.30 bits per heavy atom. The maximum atomic E-state index is 11.8. The Labute approximate surface area is 115 Å². The highest BCUT2D eigenvalue weighted by atomic mass is 16.5. The third-order valence-electron chi connectivity index (χ3n) is 2.74. The van der Waals surface area contributed by atoms with Crippen LogP contribution < -0.4 is 20.1 Å². The summed E-state index contributed by atoms with van der Waals surface area (Å²) in [5, 5.41) is 0. The molecule has 7 heteroatoms. The van der Waals surface area contributed by atoms with Crippen molar-refractivity contribution in [3.63, 3.8) is 0 Å². The molecule has 0 aromatic heterocycles.